The fraction of sp³-hybridized carbons (Fsp3) is 0.231. The molecule has 13 nitrogen and oxygen atoms in total. The molecule has 5 rings (SSSR count). The fourth-order valence-corrected chi connectivity index (χ4v) is 4.35. The fourth-order valence-electron chi connectivity index (χ4n) is 4.35. The van der Waals surface area contributed by atoms with E-state index < -0.39 is 17.9 Å². The van der Waals surface area contributed by atoms with Crippen LogP contribution in [0.15, 0.2) is 48.8 Å². The lowest BCUT2D eigenvalue weighted by atomic mass is 10.1. The minimum Gasteiger partial charge on any atom is -0.347 e. The number of aromatic amines is 1. The third-order valence-corrected chi connectivity index (χ3v) is 6.39. The normalized spacial score (nSPS) is 14.0. The Balaban J connectivity index is 1.32. The maximum atomic E-state index is 13.5. The zero-order chi connectivity index (χ0) is 28.4. The predicted molar refractivity (Wildman–Crippen MR) is 141 cm³/mol. The van der Waals surface area contributed by atoms with Gasteiger partial charge in [-0.3, -0.25) is 14.5 Å². The Morgan fingerprint density at radius 3 is 2.55 bits per heavy atom. The van der Waals surface area contributed by atoms with Crippen molar-refractivity contribution in [2.24, 2.45) is 0 Å². The number of anilines is 1. The Hall–Kier alpha value is -5.27. The molecule has 204 valence electrons. The van der Waals surface area contributed by atoms with Gasteiger partial charge in [0.25, 0.3) is 11.8 Å². The number of aromatic nitrogens is 6. The Morgan fingerprint density at radius 2 is 1.85 bits per heavy atom. The molecule has 3 heterocycles. The number of halogens is 1. The van der Waals surface area contributed by atoms with Crippen LogP contribution in [0.4, 0.5) is 14.9 Å². The molecule has 0 radical (unpaired) electrons. The third kappa shape index (κ3) is 5.32. The molecule has 2 aromatic carbocycles. The zero-order valence-electron chi connectivity index (χ0n) is 21.8. The quantitative estimate of drug-likeness (QED) is 0.332. The molecule has 1 atom stereocenters. The van der Waals surface area contributed by atoms with Gasteiger partial charge >= 0.3 is 6.03 Å². The van der Waals surface area contributed by atoms with E-state index in [4.69, 9.17) is 0 Å². The average molecular weight is 545 g/mol. The summed E-state index contributed by atoms with van der Waals surface area (Å²) < 4.78 is 13.5. The van der Waals surface area contributed by atoms with Crippen molar-refractivity contribution < 1.29 is 18.8 Å². The molecule has 4 aromatic rings. The number of aryl methyl sites for hydroxylation is 1. The number of nitrogens with one attached hydrogen (secondary N) is 3. The average Bonchev–Trinajstić information content (AvgIpc) is 3.61. The molecule has 2 aromatic heterocycles. The summed E-state index contributed by atoms with van der Waals surface area (Å²) in [5.74, 6) is -1.01. The molecule has 0 unspecified atom stereocenters. The molecule has 14 heteroatoms. The molecule has 40 heavy (non-hydrogen) atoms. The standard InChI is InChI=1S/C26H25FN10O3/c1-14-8-15(4-7-18(14)27)11-28-24(38)19-10-20(30-13-29-19)25(39)31-21-12-37(26(40)36(2)3)22-9-16(5-6-17(21)22)23-32-34-35-33-23/h4-10,13,21H,11-12H2,1-3H3,(H,28,38)(H,31,39)(H,32,33,34,35)/t21-/m1/s1. The number of H-pyrrole nitrogens is 1. The van der Waals surface area contributed by atoms with Gasteiger partial charge in [0.1, 0.15) is 23.5 Å². The Labute approximate surface area is 227 Å². The second kappa shape index (κ2) is 10.8. The van der Waals surface area contributed by atoms with Crippen molar-refractivity contribution in [1.29, 1.82) is 0 Å². The summed E-state index contributed by atoms with van der Waals surface area (Å²) in [5, 5.41) is 19.6. The van der Waals surface area contributed by atoms with Crippen LogP contribution in [-0.4, -0.2) is 74.0 Å². The molecule has 0 saturated heterocycles. The lowest BCUT2D eigenvalue weighted by Crippen LogP contribution is -2.40. The maximum absolute atomic E-state index is 13.5. The van der Waals surface area contributed by atoms with E-state index in [2.05, 4.69) is 41.2 Å². The van der Waals surface area contributed by atoms with E-state index in [0.29, 0.717) is 22.6 Å². The Bertz CT molecular complexity index is 1590. The number of tetrazole rings is 1. The summed E-state index contributed by atoms with van der Waals surface area (Å²) in [6.45, 7) is 1.98. The molecular formula is C26H25FN10O3. The number of fused-ring (bicyclic) bond motifs is 1. The van der Waals surface area contributed by atoms with Gasteiger partial charge in [0, 0.05) is 37.8 Å². The van der Waals surface area contributed by atoms with Gasteiger partial charge < -0.3 is 15.5 Å². The van der Waals surface area contributed by atoms with Crippen LogP contribution in [0.3, 0.4) is 0 Å². The van der Waals surface area contributed by atoms with Crippen LogP contribution in [0, 0.1) is 12.7 Å². The zero-order valence-corrected chi connectivity index (χ0v) is 21.8. The van der Waals surface area contributed by atoms with E-state index in [1.807, 2.05) is 0 Å². The highest BCUT2D eigenvalue weighted by Gasteiger charge is 2.35. The maximum Gasteiger partial charge on any atom is 0.324 e. The molecule has 1 aliphatic rings. The van der Waals surface area contributed by atoms with E-state index in [1.165, 1.54) is 17.0 Å². The summed E-state index contributed by atoms with van der Waals surface area (Å²) >= 11 is 0. The summed E-state index contributed by atoms with van der Waals surface area (Å²) in [6, 6.07) is 10.4. The highest BCUT2D eigenvalue weighted by molar-refractivity contribution is 5.99. The number of amides is 4. The minimum atomic E-state index is -0.542. The second-order valence-electron chi connectivity index (χ2n) is 9.38. The first-order chi connectivity index (χ1) is 19.2. The summed E-state index contributed by atoms with van der Waals surface area (Å²) in [7, 11) is 3.28. The van der Waals surface area contributed by atoms with Gasteiger partial charge in [0.05, 0.1) is 18.3 Å². The number of hydrogen-bond acceptors (Lipinski definition) is 8. The van der Waals surface area contributed by atoms with Crippen molar-refractivity contribution >= 4 is 23.5 Å². The Kier molecular flexibility index (Phi) is 7.14. The molecule has 1 aliphatic heterocycles. The van der Waals surface area contributed by atoms with E-state index in [0.717, 1.165) is 17.5 Å². The monoisotopic (exact) mass is 544 g/mol. The molecule has 0 spiro atoms. The van der Waals surface area contributed by atoms with Crippen molar-refractivity contribution in [2.45, 2.75) is 19.5 Å². The van der Waals surface area contributed by atoms with Crippen LogP contribution >= 0.6 is 0 Å². The molecule has 0 fully saturated rings. The van der Waals surface area contributed by atoms with Gasteiger partial charge in [0.2, 0.25) is 5.82 Å². The van der Waals surface area contributed by atoms with Gasteiger partial charge in [-0.1, -0.05) is 24.3 Å². The highest BCUT2D eigenvalue weighted by atomic mass is 19.1. The van der Waals surface area contributed by atoms with Crippen LogP contribution in [-0.2, 0) is 6.54 Å². The van der Waals surface area contributed by atoms with Crippen molar-refractivity contribution in [2.75, 3.05) is 25.5 Å². The summed E-state index contributed by atoms with van der Waals surface area (Å²) in [5.41, 5.74) is 3.15. The van der Waals surface area contributed by atoms with E-state index in [1.54, 1.807) is 56.3 Å². The number of benzene rings is 2. The van der Waals surface area contributed by atoms with Crippen LogP contribution in [0.5, 0.6) is 0 Å². The molecular weight excluding hydrogens is 519 g/mol. The summed E-state index contributed by atoms with van der Waals surface area (Å²) in [4.78, 5) is 49.8. The number of carbonyl (C=O) groups excluding carboxylic acids is 3. The van der Waals surface area contributed by atoms with Crippen LogP contribution in [0.2, 0.25) is 0 Å². The van der Waals surface area contributed by atoms with E-state index in [-0.39, 0.29) is 36.3 Å². The third-order valence-electron chi connectivity index (χ3n) is 6.39. The van der Waals surface area contributed by atoms with Crippen molar-refractivity contribution in [3.63, 3.8) is 0 Å². The van der Waals surface area contributed by atoms with Crippen molar-refractivity contribution in [3.8, 4) is 11.4 Å². The Morgan fingerprint density at radius 1 is 1.07 bits per heavy atom. The topological polar surface area (TPSA) is 162 Å². The number of nitrogens with zero attached hydrogens (tertiary/aromatic N) is 7. The number of hydrogen-bond donors (Lipinski definition) is 3. The molecule has 0 aliphatic carbocycles. The van der Waals surface area contributed by atoms with Gasteiger partial charge in [-0.25, -0.2) is 19.2 Å². The predicted octanol–water partition coefficient (Wildman–Crippen LogP) is 2.01. The molecule has 4 amide bonds. The van der Waals surface area contributed by atoms with Crippen LogP contribution in [0.1, 0.15) is 43.7 Å². The summed E-state index contributed by atoms with van der Waals surface area (Å²) in [6.07, 6.45) is 1.13. The lowest BCUT2D eigenvalue weighted by Gasteiger charge is -2.22. The minimum absolute atomic E-state index is 0.0000263. The first-order valence-corrected chi connectivity index (χ1v) is 12.2. The first kappa shape index (κ1) is 26.3. The second-order valence-corrected chi connectivity index (χ2v) is 9.38. The number of rotatable bonds is 6. The van der Waals surface area contributed by atoms with Crippen molar-refractivity contribution in [1.82, 2.24) is 46.1 Å². The van der Waals surface area contributed by atoms with Crippen molar-refractivity contribution in [3.05, 3.63) is 82.7 Å². The van der Waals surface area contributed by atoms with E-state index >= 15 is 0 Å². The van der Waals surface area contributed by atoms with Gasteiger partial charge in [-0.05, 0) is 35.4 Å². The first-order valence-electron chi connectivity index (χ1n) is 12.2. The van der Waals surface area contributed by atoms with Gasteiger partial charge in [-0.2, -0.15) is 5.21 Å². The smallest absolute Gasteiger partial charge is 0.324 e. The molecule has 0 saturated carbocycles. The number of carbonyl (C=O) groups is 3. The highest BCUT2D eigenvalue weighted by Crippen LogP contribution is 2.38. The van der Waals surface area contributed by atoms with E-state index in [9.17, 15) is 18.8 Å². The SMILES string of the molecule is Cc1cc(CNC(=O)c2cc(C(=O)N[C@@H]3CN(C(=O)N(C)C)c4cc(-c5nn[nH]n5)ccc43)ncn2)ccc1F. The van der Waals surface area contributed by atoms with Crippen LogP contribution < -0.4 is 15.5 Å². The molecule has 0 bridgehead atoms. The van der Waals surface area contributed by atoms with Crippen LogP contribution in [0.25, 0.3) is 11.4 Å². The molecule has 3 N–H and O–H groups in total. The number of urea groups is 1. The largest absolute Gasteiger partial charge is 0.347 e. The van der Waals surface area contributed by atoms with Gasteiger partial charge in [-0.15, -0.1) is 10.2 Å². The van der Waals surface area contributed by atoms with Gasteiger partial charge in [0.15, 0.2) is 0 Å². The lowest BCUT2D eigenvalue weighted by molar-refractivity contribution is 0.0933.